The number of Topliss-reactive ketones (excluding diaryl/α,β-unsaturated/α-hetero) is 1. The van der Waals surface area contributed by atoms with Crippen LogP contribution < -0.4 is 0 Å². The van der Waals surface area contributed by atoms with Gasteiger partial charge in [-0.1, -0.05) is 45.0 Å². The first-order chi connectivity index (χ1) is 12.7. The normalized spacial score (nSPS) is 11.8. The SMILES string of the molecule is CC(=O)CC(C)O.CC(C)(C)c1c[c-]c(-c2nccc3ccccc23)cc1.[Ir]. The van der Waals surface area contributed by atoms with Gasteiger partial charge in [-0.2, -0.15) is 0 Å². The van der Waals surface area contributed by atoms with E-state index in [-0.39, 0.29) is 37.7 Å². The molecular formula is C24H28IrNO2-. The van der Waals surface area contributed by atoms with Crippen molar-refractivity contribution >= 4 is 16.6 Å². The van der Waals surface area contributed by atoms with Crippen molar-refractivity contribution in [1.82, 2.24) is 4.98 Å². The fraction of sp³-hybridized carbons (Fsp3) is 0.333. The molecule has 1 atom stereocenters. The molecule has 28 heavy (non-hydrogen) atoms. The summed E-state index contributed by atoms with van der Waals surface area (Å²) in [6.07, 6.45) is 1.67. The zero-order chi connectivity index (χ0) is 20.0. The molecule has 3 aromatic rings. The summed E-state index contributed by atoms with van der Waals surface area (Å²) in [6, 6.07) is 20.1. The number of ketones is 1. The maximum atomic E-state index is 10.1. The van der Waals surface area contributed by atoms with E-state index in [0.29, 0.717) is 0 Å². The number of aromatic nitrogens is 1. The van der Waals surface area contributed by atoms with Gasteiger partial charge in [-0.05, 0) is 41.8 Å². The zero-order valence-electron chi connectivity index (χ0n) is 17.1. The van der Waals surface area contributed by atoms with Crippen molar-refractivity contribution in [3.05, 3.63) is 66.4 Å². The quantitative estimate of drug-likeness (QED) is 0.445. The third kappa shape index (κ3) is 6.94. The number of hydrogen-bond acceptors (Lipinski definition) is 3. The molecule has 0 saturated carbocycles. The van der Waals surface area contributed by atoms with Crippen LogP contribution in [0.15, 0.2) is 54.7 Å². The zero-order valence-corrected chi connectivity index (χ0v) is 19.5. The molecule has 1 heterocycles. The number of carbonyl (C=O) groups excluding carboxylic acids is 1. The summed E-state index contributed by atoms with van der Waals surface area (Å²) in [5.74, 6) is 0.0370. The van der Waals surface area contributed by atoms with E-state index in [4.69, 9.17) is 5.11 Å². The number of aliphatic hydroxyl groups excluding tert-OH is 1. The molecule has 0 aliphatic rings. The Balaban J connectivity index is 0.000000425. The summed E-state index contributed by atoms with van der Waals surface area (Å²) < 4.78 is 0. The molecule has 151 valence electrons. The average Bonchev–Trinajstić information content (AvgIpc) is 2.60. The largest absolute Gasteiger partial charge is 0.393 e. The van der Waals surface area contributed by atoms with Crippen LogP contribution in [0.5, 0.6) is 0 Å². The summed E-state index contributed by atoms with van der Waals surface area (Å²) in [4.78, 5) is 14.6. The van der Waals surface area contributed by atoms with Crippen LogP contribution in [0.1, 0.15) is 46.6 Å². The monoisotopic (exact) mass is 555 g/mol. The third-order valence-corrected chi connectivity index (χ3v) is 4.19. The third-order valence-electron chi connectivity index (χ3n) is 4.19. The molecule has 3 nitrogen and oxygen atoms in total. The van der Waals surface area contributed by atoms with Crippen LogP contribution in [0.4, 0.5) is 0 Å². The van der Waals surface area contributed by atoms with Gasteiger partial charge in [0.25, 0.3) is 0 Å². The fourth-order valence-electron chi connectivity index (χ4n) is 2.79. The maximum absolute atomic E-state index is 10.1. The summed E-state index contributed by atoms with van der Waals surface area (Å²) >= 11 is 0. The van der Waals surface area contributed by atoms with E-state index in [0.717, 1.165) is 11.3 Å². The van der Waals surface area contributed by atoms with Crippen molar-refractivity contribution in [1.29, 1.82) is 0 Å². The van der Waals surface area contributed by atoms with Crippen molar-refractivity contribution in [2.75, 3.05) is 0 Å². The molecule has 0 amide bonds. The van der Waals surface area contributed by atoms with Gasteiger partial charge in [0, 0.05) is 32.7 Å². The van der Waals surface area contributed by atoms with Crippen molar-refractivity contribution in [2.24, 2.45) is 0 Å². The second kappa shape index (κ2) is 10.6. The minimum absolute atomic E-state index is 0. The van der Waals surface area contributed by atoms with Crippen LogP contribution in [0.25, 0.3) is 22.0 Å². The summed E-state index contributed by atoms with van der Waals surface area (Å²) in [5.41, 5.74) is 3.50. The Bertz CT molecular complexity index is 891. The molecule has 0 saturated heterocycles. The Labute approximate surface area is 181 Å². The molecule has 1 unspecified atom stereocenters. The molecule has 4 heteroatoms. The van der Waals surface area contributed by atoms with Crippen LogP contribution in [-0.2, 0) is 30.3 Å². The number of hydrogen-bond donors (Lipinski definition) is 1. The Morgan fingerprint density at radius 1 is 1.14 bits per heavy atom. The minimum Gasteiger partial charge on any atom is -0.393 e. The van der Waals surface area contributed by atoms with Crippen LogP contribution in [0.3, 0.4) is 0 Å². The molecular weight excluding hydrogens is 526 g/mol. The van der Waals surface area contributed by atoms with Crippen LogP contribution >= 0.6 is 0 Å². The first-order valence-corrected chi connectivity index (χ1v) is 9.22. The summed E-state index contributed by atoms with van der Waals surface area (Å²) in [7, 11) is 0. The molecule has 1 radical (unpaired) electrons. The minimum atomic E-state index is -0.475. The second-order valence-electron chi connectivity index (χ2n) is 7.88. The molecule has 0 fully saturated rings. The molecule has 0 bridgehead atoms. The Morgan fingerprint density at radius 2 is 1.82 bits per heavy atom. The van der Waals surface area contributed by atoms with Gasteiger partial charge in [0.15, 0.2) is 0 Å². The van der Waals surface area contributed by atoms with E-state index >= 15 is 0 Å². The number of rotatable bonds is 3. The Hall–Kier alpha value is -1.87. The van der Waals surface area contributed by atoms with Gasteiger partial charge in [0.05, 0.1) is 6.10 Å². The Kier molecular flexibility index (Phi) is 9.16. The van der Waals surface area contributed by atoms with E-state index in [1.807, 2.05) is 12.3 Å². The second-order valence-corrected chi connectivity index (χ2v) is 7.88. The van der Waals surface area contributed by atoms with Gasteiger partial charge in [-0.3, -0.25) is 4.79 Å². The number of benzene rings is 2. The summed E-state index contributed by atoms with van der Waals surface area (Å²) in [6.45, 7) is 9.71. The summed E-state index contributed by atoms with van der Waals surface area (Å²) in [5, 5.41) is 10.9. The molecule has 1 N–H and O–H groups in total. The number of carbonyl (C=O) groups is 1. The molecule has 0 spiro atoms. The molecule has 2 aromatic carbocycles. The van der Waals surface area contributed by atoms with Crippen molar-refractivity contribution in [2.45, 2.75) is 52.6 Å². The number of aliphatic hydroxyl groups is 1. The van der Waals surface area contributed by atoms with E-state index in [1.54, 1.807) is 6.92 Å². The molecule has 0 aliphatic heterocycles. The van der Waals surface area contributed by atoms with Crippen molar-refractivity contribution in [3.63, 3.8) is 0 Å². The van der Waals surface area contributed by atoms with E-state index in [1.165, 1.54) is 23.3 Å². The molecule has 3 rings (SSSR count). The predicted octanol–water partition coefficient (Wildman–Crippen LogP) is 5.34. The standard InChI is InChI=1S/C19H18N.C5H10O2.Ir/c1-19(2,3)16-10-8-15(9-11-16)18-17-7-5-4-6-14(17)12-13-20-18;1-4(6)3-5(2)7;/h4-8,10-13H,1-3H3;4,6H,3H2,1-2H3;/q-1;;. The molecule has 0 aliphatic carbocycles. The number of fused-ring (bicyclic) bond motifs is 1. The van der Waals surface area contributed by atoms with Gasteiger partial charge < -0.3 is 10.1 Å². The van der Waals surface area contributed by atoms with Gasteiger partial charge in [0.2, 0.25) is 0 Å². The molecule has 1 aromatic heterocycles. The van der Waals surface area contributed by atoms with Gasteiger partial charge >= 0.3 is 0 Å². The average molecular weight is 555 g/mol. The van der Waals surface area contributed by atoms with Crippen LogP contribution in [0, 0.1) is 6.07 Å². The van der Waals surface area contributed by atoms with Crippen LogP contribution in [0.2, 0.25) is 0 Å². The van der Waals surface area contributed by atoms with E-state index < -0.39 is 6.10 Å². The number of pyridine rings is 1. The van der Waals surface area contributed by atoms with Crippen molar-refractivity contribution < 1.29 is 30.0 Å². The topological polar surface area (TPSA) is 50.2 Å². The first kappa shape index (κ1) is 24.2. The number of nitrogens with zero attached hydrogens (tertiary/aromatic N) is 1. The van der Waals surface area contributed by atoms with Crippen molar-refractivity contribution in [3.8, 4) is 11.3 Å². The smallest absolute Gasteiger partial charge is 0.132 e. The van der Waals surface area contributed by atoms with Crippen LogP contribution in [-0.4, -0.2) is 22.0 Å². The van der Waals surface area contributed by atoms with E-state index in [9.17, 15) is 4.79 Å². The van der Waals surface area contributed by atoms with E-state index in [2.05, 4.69) is 74.3 Å². The van der Waals surface area contributed by atoms with Gasteiger partial charge in [-0.25, -0.2) is 0 Å². The fourth-order valence-corrected chi connectivity index (χ4v) is 2.79. The first-order valence-electron chi connectivity index (χ1n) is 9.22. The maximum Gasteiger partial charge on any atom is 0.132 e. The Morgan fingerprint density at radius 3 is 2.32 bits per heavy atom. The van der Waals surface area contributed by atoms with Gasteiger partial charge in [0.1, 0.15) is 5.78 Å². The van der Waals surface area contributed by atoms with Gasteiger partial charge in [-0.15, -0.1) is 35.4 Å². The predicted molar refractivity (Wildman–Crippen MR) is 112 cm³/mol.